The normalized spacial score (nSPS) is 10.8. The van der Waals surface area contributed by atoms with E-state index in [9.17, 15) is 9.59 Å². The molecule has 6 heteroatoms. The first-order valence-electron chi connectivity index (χ1n) is 8.76. The number of aromatic amines is 1. The second kappa shape index (κ2) is 7.44. The van der Waals surface area contributed by atoms with Gasteiger partial charge in [-0.15, -0.1) is 0 Å². The number of hydrogen-bond donors (Lipinski definition) is 2. The number of amides is 1. The first-order valence-corrected chi connectivity index (χ1v) is 8.76. The van der Waals surface area contributed by atoms with Gasteiger partial charge in [-0.2, -0.15) is 0 Å². The van der Waals surface area contributed by atoms with E-state index in [-0.39, 0.29) is 18.1 Å². The molecule has 28 heavy (non-hydrogen) atoms. The summed E-state index contributed by atoms with van der Waals surface area (Å²) >= 11 is 0. The van der Waals surface area contributed by atoms with Gasteiger partial charge in [-0.05, 0) is 30.3 Å². The van der Waals surface area contributed by atoms with Crippen molar-refractivity contribution in [2.24, 2.45) is 0 Å². The van der Waals surface area contributed by atoms with Gasteiger partial charge in [-0.1, -0.05) is 30.3 Å². The summed E-state index contributed by atoms with van der Waals surface area (Å²) in [5.41, 5.74) is 2.66. The molecule has 1 amide bonds. The first-order chi connectivity index (χ1) is 13.7. The molecule has 3 aromatic carbocycles. The molecule has 6 nitrogen and oxygen atoms in total. The fraction of sp³-hybridized carbons (Fsp3) is 0.0909. The Hall–Kier alpha value is -3.80. The number of para-hydroxylation sites is 2. The number of hydrogen-bond acceptors (Lipinski definition) is 4. The van der Waals surface area contributed by atoms with Crippen LogP contribution in [-0.2, 0) is 9.53 Å². The highest BCUT2D eigenvalue weighted by atomic mass is 16.5. The Bertz CT molecular complexity index is 1180. The second-order valence-electron chi connectivity index (χ2n) is 6.25. The number of rotatable bonds is 5. The van der Waals surface area contributed by atoms with Gasteiger partial charge in [0, 0.05) is 22.4 Å². The van der Waals surface area contributed by atoms with Gasteiger partial charge < -0.3 is 19.8 Å². The van der Waals surface area contributed by atoms with Crippen molar-refractivity contribution >= 4 is 39.4 Å². The summed E-state index contributed by atoms with van der Waals surface area (Å²) in [7, 11) is 1.30. The van der Waals surface area contributed by atoms with Crippen molar-refractivity contribution in [2.45, 2.75) is 0 Å². The van der Waals surface area contributed by atoms with E-state index in [0.29, 0.717) is 11.4 Å². The molecule has 0 spiro atoms. The second-order valence-corrected chi connectivity index (χ2v) is 6.25. The van der Waals surface area contributed by atoms with Crippen LogP contribution in [0, 0.1) is 0 Å². The number of carbonyl (C=O) groups is 2. The number of fused-ring (bicyclic) bond motifs is 3. The third-order valence-corrected chi connectivity index (χ3v) is 4.45. The Kier molecular flexibility index (Phi) is 4.68. The summed E-state index contributed by atoms with van der Waals surface area (Å²) in [5.74, 6) is -0.301. The summed E-state index contributed by atoms with van der Waals surface area (Å²) < 4.78 is 10.4. The Morgan fingerprint density at radius 3 is 2.54 bits per heavy atom. The van der Waals surface area contributed by atoms with Crippen LogP contribution in [-0.4, -0.2) is 30.6 Å². The van der Waals surface area contributed by atoms with E-state index in [4.69, 9.17) is 9.47 Å². The van der Waals surface area contributed by atoms with E-state index in [0.717, 1.165) is 21.8 Å². The molecule has 0 atom stereocenters. The maximum atomic E-state index is 12.3. The van der Waals surface area contributed by atoms with Crippen molar-refractivity contribution in [3.8, 4) is 5.75 Å². The van der Waals surface area contributed by atoms with Crippen molar-refractivity contribution in [1.82, 2.24) is 4.98 Å². The standard InChI is InChI=1S/C22H18N2O4/c1-27-22(26)17-7-3-5-9-19(17)24-21(25)13-28-14-10-11-16-15-6-2-4-8-18(15)23-20(16)12-14/h2-12,23H,13H2,1H3,(H,24,25). The van der Waals surface area contributed by atoms with Gasteiger partial charge in [-0.3, -0.25) is 4.79 Å². The number of carbonyl (C=O) groups excluding carboxylic acids is 2. The van der Waals surface area contributed by atoms with Crippen LogP contribution >= 0.6 is 0 Å². The van der Waals surface area contributed by atoms with Crippen LogP contribution in [0.15, 0.2) is 66.7 Å². The largest absolute Gasteiger partial charge is 0.484 e. The maximum absolute atomic E-state index is 12.3. The lowest BCUT2D eigenvalue weighted by Gasteiger charge is -2.10. The predicted octanol–water partition coefficient (Wildman–Crippen LogP) is 4.13. The number of H-pyrrole nitrogens is 1. The number of nitrogens with one attached hydrogen (secondary N) is 2. The van der Waals surface area contributed by atoms with E-state index in [1.807, 2.05) is 36.4 Å². The lowest BCUT2D eigenvalue weighted by Crippen LogP contribution is -2.21. The topological polar surface area (TPSA) is 80.4 Å². The van der Waals surface area contributed by atoms with Gasteiger partial charge in [0.05, 0.1) is 23.9 Å². The smallest absolute Gasteiger partial charge is 0.339 e. The lowest BCUT2D eigenvalue weighted by molar-refractivity contribution is -0.118. The molecule has 0 fully saturated rings. The number of esters is 1. The zero-order chi connectivity index (χ0) is 19.5. The highest BCUT2D eigenvalue weighted by Gasteiger charge is 2.13. The lowest BCUT2D eigenvalue weighted by atomic mass is 10.1. The molecule has 140 valence electrons. The molecule has 0 aliphatic carbocycles. The first kappa shape index (κ1) is 17.6. The van der Waals surface area contributed by atoms with Crippen molar-refractivity contribution in [2.75, 3.05) is 19.0 Å². The molecular formula is C22H18N2O4. The molecule has 0 aliphatic rings. The average Bonchev–Trinajstić information content (AvgIpc) is 3.10. The van der Waals surface area contributed by atoms with E-state index in [2.05, 4.69) is 16.4 Å². The molecule has 0 bridgehead atoms. The average molecular weight is 374 g/mol. The Labute approximate surface area is 161 Å². The van der Waals surface area contributed by atoms with Crippen LogP contribution < -0.4 is 10.1 Å². The number of methoxy groups -OCH3 is 1. The van der Waals surface area contributed by atoms with Crippen LogP contribution in [0.4, 0.5) is 5.69 Å². The highest BCUT2D eigenvalue weighted by Crippen LogP contribution is 2.28. The highest BCUT2D eigenvalue weighted by molar-refractivity contribution is 6.07. The third-order valence-electron chi connectivity index (χ3n) is 4.45. The third kappa shape index (κ3) is 3.40. The van der Waals surface area contributed by atoms with Crippen LogP contribution in [0.25, 0.3) is 21.8 Å². The minimum Gasteiger partial charge on any atom is -0.484 e. The fourth-order valence-corrected chi connectivity index (χ4v) is 3.14. The Morgan fingerprint density at radius 1 is 0.929 bits per heavy atom. The van der Waals surface area contributed by atoms with Crippen LogP contribution in [0.2, 0.25) is 0 Å². The van der Waals surface area contributed by atoms with Crippen molar-refractivity contribution in [3.05, 3.63) is 72.3 Å². The molecular weight excluding hydrogens is 356 g/mol. The van der Waals surface area contributed by atoms with E-state index in [1.165, 1.54) is 7.11 Å². The van der Waals surface area contributed by atoms with Gasteiger partial charge in [-0.25, -0.2) is 4.79 Å². The van der Waals surface area contributed by atoms with E-state index >= 15 is 0 Å². The Morgan fingerprint density at radius 2 is 1.68 bits per heavy atom. The predicted molar refractivity (Wildman–Crippen MR) is 108 cm³/mol. The molecule has 4 rings (SSSR count). The molecule has 0 unspecified atom stereocenters. The molecule has 2 N–H and O–H groups in total. The summed E-state index contributed by atoms with van der Waals surface area (Å²) in [6, 6.07) is 20.4. The van der Waals surface area contributed by atoms with E-state index < -0.39 is 5.97 Å². The monoisotopic (exact) mass is 374 g/mol. The number of benzene rings is 3. The van der Waals surface area contributed by atoms with Crippen molar-refractivity contribution < 1.29 is 19.1 Å². The molecule has 1 aromatic heterocycles. The zero-order valence-corrected chi connectivity index (χ0v) is 15.2. The Balaban J connectivity index is 1.47. The van der Waals surface area contributed by atoms with Crippen molar-refractivity contribution in [3.63, 3.8) is 0 Å². The maximum Gasteiger partial charge on any atom is 0.339 e. The van der Waals surface area contributed by atoms with Gasteiger partial charge >= 0.3 is 5.97 Å². The summed E-state index contributed by atoms with van der Waals surface area (Å²) in [5, 5.41) is 4.92. The number of aromatic nitrogens is 1. The van der Waals surface area contributed by atoms with Crippen molar-refractivity contribution in [1.29, 1.82) is 0 Å². The van der Waals surface area contributed by atoms with Crippen LogP contribution in [0.1, 0.15) is 10.4 Å². The minimum absolute atomic E-state index is 0.179. The van der Waals surface area contributed by atoms with Gasteiger partial charge in [0.15, 0.2) is 6.61 Å². The van der Waals surface area contributed by atoms with Crippen LogP contribution in [0.3, 0.4) is 0 Å². The molecule has 0 radical (unpaired) electrons. The molecule has 0 saturated heterocycles. The summed E-state index contributed by atoms with van der Waals surface area (Å²) in [6.07, 6.45) is 0. The van der Waals surface area contributed by atoms with E-state index in [1.54, 1.807) is 24.3 Å². The molecule has 1 heterocycles. The summed E-state index contributed by atoms with van der Waals surface area (Å²) in [6.45, 7) is -0.179. The quantitative estimate of drug-likeness (QED) is 0.515. The molecule has 0 aliphatic heterocycles. The fourth-order valence-electron chi connectivity index (χ4n) is 3.14. The number of ether oxygens (including phenoxy) is 2. The molecule has 0 saturated carbocycles. The number of anilines is 1. The van der Waals surface area contributed by atoms with Gasteiger partial charge in [0.25, 0.3) is 5.91 Å². The minimum atomic E-state index is -0.513. The zero-order valence-electron chi connectivity index (χ0n) is 15.2. The molecule has 4 aromatic rings. The van der Waals surface area contributed by atoms with Gasteiger partial charge in [0.2, 0.25) is 0 Å². The summed E-state index contributed by atoms with van der Waals surface area (Å²) in [4.78, 5) is 27.4. The van der Waals surface area contributed by atoms with Crippen LogP contribution in [0.5, 0.6) is 5.75 Å². The SMILES string of the molecule is COC(=O)c1ccccc1NC(=O)COc1ccc2c(c1)[nH]c1ccccc12. The van der Waals surface area contributed by atoms with Gasteiger partial charge in [0.1, 0.15) is 5.75 Å².